The molecule has 0 atom stereocenters. The van der Waals surface area contributed by atoms with Crippen LogP contribution in [-0.2, 0) is 4.79 Å². The molecule has 0 aromatic heterocycles. The van der Waals surface area contributed by atoms with Crippen LogP contribution in [0, 0.1) is 0 Å². The van der Waals surface area contributed by atoms with Crippen LogP contribution in [0.25, 0.3) is 6.08 Å². The molecule has 2 aromatic carbocycles. The maximum atomic E-state index is 12.7. The van der Waals surface area contributed by atoms with Gasteiger partial charge in [0.05, 0.1) is 17.2 Å². The van der Waals surface area contributed by atoms with Crippen molar-refractivity contribution in [1.82, 2.24) is 4.90 Å². The first kappa shape index (κ1) is 20.5. The fourth-order valence-corrected chi connectivity index (χ4v) is 4.62. The summed E-state index contributed by atoms with van der Waals surface area (Å²) >= 11 is 1.41. The highest BCUT2D eigenvalue weighted by Gasteiger charge is 2.30. The zero-order chi connectivity index (χ0) is 20.9. The van der Waals surface area contributed by atoms with Crippen molar-refractivity contribution in [3.05, 3.63) is 59.0 Å². The Morgan fingerprint density at radius 1 is 1.03 bits per heavy atom. The summed E-state index contributed by atoms with van der Waals surface area (Å²) in [5.74, 6) is 0.795. The Balaban J connectivity index is 1.48. The first-order valence-electron chi connectivity index (χ1n) is 10.5. The van der Waals surface area contributed by atoms with E-state index < -0.39 is 0 Å². The number of amidine groups is 1. The molecule has 0 spiro atoms. The largest absolute Gasteiger partial charge is 0.494 e. The van der Waals surface area contributed by atoms with E-state index in [1.807, 2.05) is 37.3 Å². The van der Waals surface area contributed by atoms with Gasteiger partial charge in [0.15, 0.2) is 5.17 Å². The first-order valence-corrected chi connectivity index (χ1v) is 11.3. The van der Waals surface area contributed by atoms with Crippen molar-refractivity contribution in [1.29, 1.82) is 0 Å². The molecule has 0 N–H and O–H groups in total. The zero-order valence-corrected chi connectivity index (χ0v) is 18.3. The van der Waals surface area contributed by atoms with Gasteiger partial charge in [-0.25, -0.2) is 4.99 Å². The maximum Gasteiger partial charge on any atom is 0.266 e. The molecule has 0 saturated carbocycles. The van der Waals surface area contributed by atoms with Gasteiger partial charge in [0.25, 0.3) is 5.91 Å². The molecule has 0 radical (unpaired) electrons. The average Bonchev–Trinajstić information content (AvgIpc) is 3.04. The Morgan fingerprint density at radius 2 is 1.73 bits per heavy atom. The number of carbonyl (C=O) groups excluding carboxylic acids is 1. The molecule has 2 aliphatic heterocycles. The van der Waals surface area contributed by atoms with E-state index in [4.69, 9.17) is 4.74 Å². The minimum Gasteiger partial charge on any atom is -0.494 e. The molecule has 2 fully saturated rings. The Hall–Kier alpha value is -2.73. The first-order chi connectivity index (χ1) is 14.6. The number of carbonyl (C=O) groups is 1. The smallest absolute Gasteiger partial charge is 0.266 e. The summed E-state index contributed by atoms with van der Waals surface area (Å²) in [6, 6.07) is 16.1. The normalized spacial score (nSPS) is 19.7. The van der Waals surface area contributed by atoms with Crippen LogP contribution < -0.4 is 9.64 Å². The lowest BCUT2D eigenvalue weighted by atomic mass is 10.1. The lowest BCUT2D eigenvalue weighted by molar-refractivity contribution is -0.121. The van der Waals surface area contributed by atoms with E-state index in [1.54, 1.807) is 11.9 Å². The molecule has 2 saturated heterocycles. The van der Waals surface area contributed by atoms with Gasteiger partial charge < -0.3 is 9.64 Å². The summed E-state index contributed by atoms with van der Waals surface area (Å²) in [7, 11) is 1.77. The molecular weight excluding hydrogens is 394 g/mol. The molecule has 0 aliphatic carbocycles. The predicted molar refractivity (Wildman–Crippen MR) is 126 cm³/mol. The van der Waals surface area contributed by atoms with Crippen LogP contribution >= 0.6 is 11.8 Å². The number of nitrogens with zero attached hydrogens (tertiary/aromatic N) is 3. The van der Waals surface area contributed by atoms with Gasteiger partial charge in [-0.1, -0.05) is 12.1 Å². The van der Waals surface area contributed by atoms with Gasteiger partial charge >= 0.3 is 0 Å². The van der Waals surface area contributed by atoms with Crippen molar-refractivity contribution in [3.63, 3.8) is 0 Å². The third-order valence-corrected chi connectivity index (χ3v) is 6.35. The molecule has 5 nitrogen and oxygen atoms in total. The molecule has 2 heterocycles. The number of hydrogen-bond acceptors (Lipinski definition) is 5. The molecule has 0 bridgehead atoms. The third kappa shape index (κ3) is 4.70. The second kappa shape index (κ2) is 9.39. The lowest BCUT2D eigenvalue weighted by Crippen LogP contribution is -2.29. The minimum atomic E-state index is -0.0233. The number of benzene rings is 2. The topological polar surface area (TPSA) is 45.1 Å². The quantitative estimate of drug-likeness (QED) is 0.614. The van der Waals surface area contributed by atoms with Crippen LogP contribution in [0.1, 0.15) is 31.7 Å². The van der Waals surface area contributed by atoms with Crippen LogP contribution in [0.5, 0.6) is 5.75 Å². The zero-order valence-electron chi connectivity index (χ0n) is 17.5. The van der Waals surface area contributed by atoms with Crippen LogP contribution in [0.2, 0.25) is 0 Å². The Morgan fingerprint density at radius 3 is 2.40 bits per heavy atom. The number of piperidine rings is 1. The lowest BCUT2D eigenvalue weighted by Gasteiger charge is -2.28. The molecule has 30 heavy (non-hydrogen) atoms. The summed E-state index contributed by atoms with van der Waals surface area (Å²) in [5.41, 5.74) is 3.09. The van der Waals surface area contributed by atoms with Crippen molar-refractivity contribution >= 4 is 40.3 Å². The number of ether oxygens (including phenoxy) is 1. The van der Waals surface area contributed by atoms with Crippen LogP contribution in [-0.4, -0.2) is 42.7 Å². The second-order valence-corrected chi connectivity index (χ2v) is 8.44. The van der Waals surface area contributed by atoms with Gasteiger partial charge in [0.1, 0.15) is 5.75 Å². The Bertz CT molecular complexity index is 945. The maximum absolute atomic E-state index is 12.7. The van der Waals surface area contributed by atoms with Crippen molar-refractivity contribution in [2.24, 2.45) is 4.99 Å². The van der Waals surface area contributed by atoms with E-state index in [9.17, 15) is 4.79 Å². The van der Waals surface area contributed by atoms with E-state index in [0.29, 0.717) is 16.7 Å². The molecule has 2 aliphatic rings. The number of likely N-dealkylation sites (N-methyl/N-ethyl adjacent to an activating group) is 1. The number of aliphatic imine (C=N–C) groups is 1. The molecule has 6 heteroatoms. The van der Waals surface area contributed by atoms with Gasteiger partial charge in [0.2, 0.25) is 0 Å². The van der Waals surface area contributed by atoms with Crippen molar-refractivity contribution in [2.45, 2.75) is 26.2 Å². The Labute approximate surface area is 182 Å². The number of hydrogen-bond donors (Lipinski definition) is 0. The van der Waals surface area contributed by atoms with Crippen molar-refractivity contribution in [3.8, 4) is 5.75 Å². The molecular formula is C24H27N3O2S. The van der Waals surface area contributed by atoms with E-state index in [2.05, 4.69) is 34.2 Å². The van der Waals surface area contributed by atoms with E-state index in [0.717, 1.165) is 30.1 Å². The van der Waals surface area contributed by atoms with E-state index in [-0.39, 0.29) is 5.91 Å². The third-order valence-electron chi connectivity index (χ3n) is 5.29. The number of thioether (sulfide) groups is 1. The number of amides is 1. The summed E-state index contributed by atoms with van der Waals surface area (Å²) in [6.07, 6.45) is 5.80. The van der Waals surface area contributed by atoms with Crippen molar-refractivity contribution in [2.75, 3.05) is 31.6 Å². The average molecular weight is 422 g/mol. The summed E-state index contributed by atoms with van der Waals surface area (Å²) in [5, 5.41) is 0.681. The molecule has 2 aromatic rings. The minimum absolute atomic E-state index is 0.0233. The SMILES string of the molecule is CCOc1ccc(N=C2S/C(=C\c3ccc(N4CCCCC4)cc3)C(=O)N2C)cc1. The molecule has 1 amide bonds. The molecule has 0 unspecified atom stereocenters. The highest BCUT2D eigenvalue weighted by Crippen LogP contribution is 2.33. The van der Waals surface area contributed by atoms with E-state index in [1.165, 1.54) is 36.7 Å². The van der Waals surface area contributed by atoms with Crippen LogP contribution in [0.15, 0.2) is 58.4 Å². The van der Waals surface area contributed by atoms with Gasteiger partial charge in [-0.05, 0) is 86.0 Å². The highest BCUT2D eigenvalue weighted by atomic mass is 32.2. The van der Waals surface area contributed by atoms with Gasteiger partial charge in [-0.2, -0.15) is 0 Å². The molecule has 4 rings (SSSR count). The summed E-state index contributed by atoms with van der Waals surface area (Å²) < 4.78 is 5.47. The van der Waals surface area contributed by atoms with Gasteiger partial charge in [0, 0.05) is 25.8 Å². The predicted octanol–water partition coefficient (Wildman–Crippen LogP) is 5.31. The van der Waals surface area contributed by atoms with E-state index >= 15 is 0 Å². The number of rotatable bonds is 5. The summed E-state index contributed by atoms with van der Waals surface area (Å²) in [4.78, 5) is 22.1. The second-order valence-electron chi connectivity index (χ2n) is 7.44. The monoisotopic (exact) mass is 421 g/mol. The van der Waals surface area contributed by atoms with Crippen LogP contribution in [0.4, 0.5) is 11.4 Å². The van der Waals surface area contributed by atoms with Gasteiger partial charge in [-0.3, -0.25) is 9.69 Å². The standard InChI is InChI=1S/C24H27N3O2S/c1-3-29-21-13-9-19(10-14-21)25-24-26(2)23(28)22(30-24)17-18-7-11-20(12-8-18)27-15-5-4-6-16-27/h7-14,17H,3-6,15-16H2,1-2H3/b22-17-,25-24?. The fourth-order valence-electron chi connectivity index (χ4n) is 3.63. The fraction of sp³-hybridized carbons (Fsp3) is 0.333. The highest BCUT2D eigenvalue weighted by molar-refractivity contribution is 8.18. The summed E-state index contributed by atoms with van der Waals surface area (Å²) in [6.45, 7) is 4.85. The molecule has 156 valence electrons. The number of anilines is 1. The van der Waals surface area contributed by atoms with Crippen LogP contribution in [0.3, 0.4) is 0 Å². The Kier molecular flexibility index (Phi) is 6.43. The van der Waals surface area contributed by atoms with Gasteiger partial charge in [-0.15, -0.1) is 0 Å². The van der Waals surface area contributed by atoms with Crippen molar-refractivity contribution < 1.29 is 9.53 Å².